The van der Waals surface area contributed by atoms with E-state index in [0.29, 0.717) is 0 Å². The van der Waals surface area contributed by atoms with Gasteiger partial charge in [0.1, 0.15) is 5.82 Å². The number of rotatable bonds is 1. The molecule has 2 rings (SSSR count). The SMILES string of the molecule is CC(C)(C)C(=O)Nc1cc(F)cc2c1OCC(=O)N2. The average molecular weight is 266 g/mol. The Balaban J connectivity index is 2.36. The van der Waals surface area contributed by atoms with Gasteiger partial charge in [-0.1, -0.05) is 20.8 Å². The van der Waals surface area contributed by atoms with Gasteiger partial charge in [0.25, 0.3) is 5.91 Å². The second-order valence-electron chi connectivity index (χ2n) is 5.37. The fraction of sp³-hybridized carbons (Fsp3) is 0.385. The van der Waals surface area contributed by atoms with Crippen LogP contribution in [0.3, 0.4) is 0 Å². The summed E-state index contributed by atoms with van der Waals surface area (Å²) in [6.45, 7) is 5.08. The molecule has 102 valence electrons. The Labute approximate surface area is 110 Å². The van der Waals surface area contributed by atoms with Gasteiger partial charge in [-0.3, -0.25) is 9.59 Å². The van der Waals surface area contributed by atoms with Gasteiger partial charge in [-0.05, 0) is 0 Å². The largest absolute Gasteiger partial charge is 0.479 e. The van der Waals surface area contributed by atoms with Gasteiger partial charge in [-0.25, -0.2) is 4.39 Å². The van der Waals surface area contributed by atoms with Crippen LogP contribution in [0.1, 0.15) is 20.8 Å². The molecule has 5 nitrogen and oxygen atoms in total. The highest BCUT2D eigenvalue weighted by atomic mass is 19.1. The molecule has 0 aromatic heterocycles. The minimum absolute atomic E-state index is 0.156. The third kappa shape index (κ3) is 2.83. The van der Waals surface area contributed by atoms with Crippen LogP contribution >= 0.6 is 0 Å². The molecule has 0 bridgehead atoms. The number of amides is 2. The van der Waals surface area contributed by atoms with E-state index in [1.165, 1.54) is 6.07 Å². The van der Waals surface area contributed by atoms with Crippen molar-refractivity contribution in [3.05, 3.63) is 17.9 Å². The van der Waals surface area contributed by atoms with Crippen LogP contribution in [0.15, 0.2) is 12.1 Å². The highest BCUT2D eigenvalue weighted by Gasteiger charge is 2.26. The van der Waals surface area contributed by atoms with E-state index >= 15 is 0 Å². The first-order valence-electron chi connectivity index (χ1n) is 5.85. The standard InChI is InChI=1S/C13H15FN2O3/c1-13(2,3)12(18)16-9-5-7(14)4-8-11(9)19-6-10(17)15-8/h4-5H,6H2,1-3H3,(H,15,17)(H,16,18). The summed E-state index contributed by atoms with van der Waals surface area (Å²) < 4.78 is 18.7. The number of benzene rings is 1. The second kappa shape index (κ2) is 4.53. The van der Waals surface area contributed by atoms with Crippen molar-refractivity contribution in [2.24, 2.45) is 5.41 Å². The van der Waals surface area contributed by atoms with E-state index in [2.05, 4.69) is 10.6 Å². The summed E-state index contributed by atoms with van der Waals surface area (Å²) in [5.41, 5.74) is -0.174. The van der Waals surface area contributed by atoms with E-state index in [1.54, 1.807) is 20.8 Å². The van der Waals surface area contributed by atoms with Crippen LogP contribution in [0, 0.1) is 11.2 Å². The van der Waals surface area contributed by atoms with Gasteiger partial charge in [0.05, 0.1) is 11.4 Å². The zero-order valence-corrected chi connectivity index (χ0v) is 11.0. The van der Waals surface area contributed by atoms with Crippen LogP contribution in [0.4, 0.5) is 15.8 Å². The van der Waals surface area contributed by atoms with Gasteiger partial charge in [-0.2, -0.15) is 0 Å². The summed E-state index contributed by atoms with van der Waals surface area (Å²) in [4.78, 5) is 23.1. The lowest BCUT2D eigenvalue weighted by Crippen LogP contribution is -2.30. The fourth-order valence-corrected chi connectivity index (χ4v) is 1.57. The second-order valence-corrected chi connectivity index (χ2v) is 5.37. The molecule has 1 aromatic rings. The van der Waals surface area contributed by atoms with Crippen LogP contribution < -0.4 is 15.4 Å². The van der Waals surface area contributed by atoms with Crippen LogP contribution in [0.25, 0.3) is 0 Å². The van der Waals surface area contributed by atoms with Crippen molar-refractivity contribution in [1.82, 2.24) is 0 Å². The number of carbonyl (C=O) groups is 2. The molecular formula is C13H15FN2O3. The maximum atomic E-state index is 13.5. The lowest BCUT2D eigenvalue weighted by molar-refractivity contribution is -0.123. The predicted octanol–water partition coefficient (Wildman–Crippen LogP) is 2.14. The summed E-state index contributed by atoms with van der Waals surface area (Å²) in [5, 5.41) is 5.11. The first-order chi connectivity index (χ1) is 8.77. The quantitative estimate of drug-likeness (QED) is 0.818. The fourth-order valence-electron chi connectivity index (χ4n) is 1.57. The molecule has 19 heavy (non-hydrogen) atoms. The van der Waals surface area contributed by atoms with E-state index in [9.17, 15) is 14.0 Å². The van der Waals surface area contributed by atoms with Gasteiger partial charge in [-0.15, -0.1) is 0 Å². The van der Waals surface area contributed by atoms with Crippen molar-refractivity contribution in [2.45, 2.75) is 20.8 Å². The summed E-state index contributed by atoms with van der Waals surface area (Å²) in [6.07, 6.45) is 0. The molecule has 0 unspecified atom stereocenters. The van der Waals surface area contributed by atoms with Crippen LogP contribution in [0.2, 0.25) is 0 Å². The lowest BCUT2D eigenvalue weighted by atomic mass is 9.95. The van der Waals surface area contributed by atoms with E-state index in [1.807, 2.05) is 0 Å². The number of anilines is 2. The minimum Gasteiger partial charge on any atom is -0.479 e. The minimum atomic E-state index is -0.614. The third-order valence-electron chi connectivity index (χ3n) is 2.60. The Hall–Kier alpha value is -2.11. The third-order valence-corrected chi connectivity index (χ3v) is 2.60. The van der Waals surface area contributed by atoms with Crippen molar-refractivity contribution in [1.29, 1.82) is 0 Å². The highest BCUT2D eigenvalue weighted by molar-refractivity contribution is 6.01. The molecule has 1 heterocycles. The molecule has 0 atom stereocenters. The molecular weight excluding hydrogens is 251 g/mol. The van der Waals surface area contributed by atoms with Crippen LogP contribution in [0.5, 0.6) is 5.75 Å². The zero-order chi connectivity index (χ0) is 14.2. The predicted molar refractivity (Wildman–Crippen MR) is 68.6 cm³/mol. The summed E-state index contributed by atoms with van der Waals surface area (Å²) in [7, 11) is 0. The van der Waals surface area contributed by atoms with Gasteiger partial charge < -0.3 is 15.4 Å². The number of hydrogen-bond acceptors (Lipinski definition) is 3. The monoisotopic (exact) mass is 266 g/mol. The van der Waals surface area contributed by atoms with Crippen LogP contribution in [-0.2, 0) is 9.59 Å². The molecule has 0 radical (unpaired) electrons. The molecule has 0 aliphatic carbocycles. The topological polar surface area (TPSA) is 67.4 Å². The molecule has 0 saturated heterocycles. The van der Waals surface area contributed by atoms with Crippen molar-refractivity contribution >= 4 is 23.2 Å². The van der Waals surface area contributed by atoms with Crippen molar-refractivity contribution < 1.29 is 18.7 Å². The maximum absolute atomic E-state index is 13.5. The van der Waals surface area contributed by atoms with E-state index < -0.39 is 11.2 Å². The molecule has 1 aliphatic rings. The van der Waals surface area contributed by atoms with Crippen molar-refractivity contribution in [3.8, 4) is 5.75 Å². The van der Waals surface area contributed by atoms with Crippen LogP contribution in [-0.4, -0.2) is 18.4 Å². The number of fused-ring (bicyclic) bond motifs is 1. The van der Waals surface area contributed by atoms with E-state index in [0.717, 1.165) is 6.07 Å². The lowest BCUT2D eigenvalue weighted by Gasteiger charge is -2.23. The van der Waals surface area contributed by atoms with Gasteiger partial charge in [0.2, 0.25) is 5.91 Å². The number of ether oxygens (including phenoxy) is 1. The maximum Gasteiger partial charge on any atom is 0.262 e. The van der Waals surface area contributed by atoms with Gasteiger partial charge in [0, 0.05) is 17.5 Å². The van der Waals surface area contributed by atoms with Gasteiger partial charge in [0.15, 0.2) is 12.4 Å². The van der Waals surface area contributed by atoms with E-state index in [4.69, 9.17) is 4.74 Å². The molecule has 1 aromatic carbocycles. The average Bonchev–Trinajstić information content (AvgIpc) is 2.26. The first kappa shape index (κ1) is 13.3. The smallest absolute Gasteiger partial charge is 0.262 e. The Kier molecular flexibility index (Phi) is 3.18. The molecule has 0 spiro atoms. The van der Waals surface area contributed by atoms with E-state index in [-0.39, 0.29) is 35.5 Å². The summed E-state index contributed by atoms with van der Waals surface area (Å²) in [6, 6.07) is 2.32. The molecule has 2 N–H and O–H groups in total. The van der Waals surface area contributed by atoms with Crippen molar-refractivity contribution in [3.63, 3.8) is 0 Å². The molecule has 0 fully saturated rings. The zero-order valence-electron chi connectivity index (χ0n) is 11.0. The van der Waals surface area contributed by atoms with Crippen molar-refractivity contribution in [2.75, 3.05) is 17.2 Å². The Bertz CT molecular complexity index is 550. The Morgan fingerprint density at radius 3 is 2.74 bits per heavy atom. The number of hydrogen-bond donors (Lipinski definition) is 2. The number of halogens is 1. The molecule has 0 saturated carbocycles. The van der Waals surface area contributed by atoms with Gasteiger partial charge >= 0.3 is 0 Å². The normalized spacial score (nSPS) is 14.2. The highest BCUT2D eigenvalue weighted by Crippen LogP contribution is 2.37. The molecule has 6 heteroatoms. The Morgan fingerprint density at radius 1 is 1.42 bits per heavy atom. The Morgan fingerprint density at radius 2 is 2.11 bits per heavy atom. The summed E-state index contributed by atoms with van der Waals surface area (Å²) in [5.74, 6) is -0.903. The first-order valence-corrected chi connectivity index (χ1v) is 5.85. The molecule has 2 amide bonds. The number of carbonyl (C=O) groups excluding carboxylic acids is 2. The number of nitrogens with one attached hydrogen (secondary N) is 2. The molecule has 1 aliphatic heterocycles. The summed E-state index contributed by atoms with van der Waals surface area (Å²) >= 11 is 0.